The Hall–Kier alpha value is -3.28. The fraction of sp³-hybridized carbons (Fsp3) is 0.385. The first-order valence-electron chi connectivity index (χ1n) is 11.4. The highest BCUT2D eigenvalue weighted by atomic mass is 32.1. The molecule has 1 fully saturated rings. The van der Waals surface area contributed by atoms with E-state index < -0.39 is 5.54 Å². The normalized spacial score (nSPS) is 25.2. The zero-order valence-corrected chi connectivity index (χ0v) is 20.8. The van der Waals surface area contributed by atoms with Gasteiger partial charge in [-0.3, -0.25) is 19.7 Å². The van der Waals surface area contributed by atoms with Crippen molar-refractivity contribution >= 4 is 29.2 Å². The molecule has 2 aliphatic heterocycles. The van der Waals surface area contributed by atoms with Gasteiger partial charge in [0.05, 0.1) is 23.4 Å². The summed E-state index contributed by atoms with van der Waals surface area (Å²) in [5.41, 5.74) is 7.99. The van der Waals surface area contributed by atoms with Crippen LogP contribution < -0.4 is 5.73 Å². The maximum absolute atomic E-state index is 13.6. The van der Waals surface area contributed by atoms with Gasteiger partial charge in [-0.1, -0.05) is 26.0 Å². The first-order chi connectivity index (χ1) is 16.2. The van der Waals surface area contributed by atoms with Gasteiger partial charge in [0.25, 0.3) is 0 Å². The molecule has 0 aliphatic carbocycles. The molecule has 3 unspecified atom stereocenters. The molecule has 2 N–H and O–H groups in total. The van der Waals surface area contributed by atoms with E-state index in [0.717, 1.165) is 16.0 Å². The summed E-state index contributed by atoms with van der Waals surface area (Å²) in [6.07, 6.45) is 5.54. The molecule has 0 bridgehead atoms. The number of thiophene rings is 1. The Morgan fingerprint density at radius 1 is 1.35 bits per heavy atom. The molecule has 3 atom stereocenters. The van der Waals surface area contributed by atoms with Gasteiger partial charge in [-0.15, -0.1) is 11.3 Å². The summed E-state index contributed by atoms with van der Waals surface area (Å²) < 4.78 is 0. The number of nitriles is 1. The smallest absolute Gasteiger partial charge is 0.142 e. The Labute approximate surface area is 204 Å². The number of nitrogens with zero attached hydrogens (tertiary/aromatic N) is 5. The number of likely N-dealkylation sites (tertiary alicyclic amines) is 1. The number of hydrogen-bond donors (Lipinski definition) is 1. The number of ketones is 1. The van der Waals surface area contributed by atoms with Crippen molar-refractivity contribution in [1.82, 2.24) is 9.80 Å². The Morgan fingerprint density at radius 3 is 2.82 bits per heavy atom. The van der Waals surface area contributed by atoms with Crippen LogP contribution in [0.2, 0.25) is 0 Å². The summed E-state index contributed by atoms with van der Waals surface area (Å²) in [4.78, 5) is 28.2. The summed E-state index contributed by atoms with van der Waals surface area (Å²) in [6, 6.07) is 11.9. The molecular formula is C26H30N6OS. The molecule has 4 rings (SSSR count). The van der Waals surface area contributed by atoms with E-state index >= 15 is 0 Å². The van der Waals surface area contributed by atoms with Gasteiger partial charge in [0.1, 0.15) is 17.5 Å². The highest BCUT2D eigenvalue weighted by Gasteiger charge is 2.54. The van der Waals surface area contributed by atoms with Gasteiger partial charge < -0.3 is 10.6 Å². The van der Waals surface area contributed by atoms with Crippen molar-refractivity contribution in [1.29, 1.82) is 5.26 Å². The van der Waals surface area contributed by atoms with Gasteiger partial charge in [-0.2, -0.15) is 5.26 Å². The summed E-state index contributed by atoms with van der Waals surface area (Å²) >= 11 is 1.59. The van der Waals surface area contributed by atoms with Crippen LogP contribution in [0.3, 0.4) is 0 Å². The van der Waals surface area contributed by atoms with Crippen molar-refractivity contribution < 1.29 is 4.79 Å². The zero-order valence-electron chi connectivity index (χ0n) is 20.0. The number of carbonyl (C=O) groups is 1. The van der Waals surface area contributed by atoms with Gasteiger partial charge >= 0.3 is 0 Å². The molecule has 176 valence electrons. The predicted molar refractivity (Wildman–Crippen MR) is 138 cm³/mol. The van der Waals surface area contributed by atoms with Crippen LogP contribution in [-0.2, 0) is 10.3 Å². The second kappa shape index (κ2) is 9.53. The molecule has 1 aromatic heterocycles. The number of Topliss-reactive ketones (excluding diaryl/α,β-unsaturated/α-hetero) is 1. The Bertz CT molecular complexity index is 1200. The van der Waals surface area contributed by atoms with E-state index in [1.807, 2.05) is 51.5 Å². The summed E-state index contributed by atoms with van der Waals surface area (Å²) in [5.74, 6) is 0.174. The summed E-state index contributed by atoms with van der Waals surface area (Å²) in [5, 5.41) is 11.4. The van der Waals surface area contributed by atoms with Gasteiger partial charge in [0, 0.05) is 49.5 Å². The molecule has 3 heterocycles. The minimum atomic E-state index is -0.786. The van der Waals surface area contributed by atoms with Gasteiger partial charge in [0.2, 0.25) is 0 Å². The van der Waals surface area contributed by atoms with E-state index in [9.17, 15) is 10.1 Å². The standard InChI is InChI=1S/C26H30N6OS/c1-17(2)25(33)22-14-32(24-13-29-8-9-31(24)4)16-26(22,30-18(3)28)23-11-21(15-34-23)20-7-5-6-19(10-20)12-27/h5-11,13,15,17,22,24H,14,16H2,1-4H3,(H2,28,30). The van der Waals surface area contributed by atoms with Crippen LogP contribution in [0.15, 0.2) is 58.1 Å². The predicted octanol–water partition coefficient (Wildman–Crippen LogP) is 3.83. The zero-order chi connectivity index (χ0) is 24.5. The van der Waals surface area contributed by atoms with Crippen molar-refractivity contribution in [2.45, 2.75) is 32.5 Å². The lowest BCUT2D eigenvalue weighted by atomic mass is 9.79. The van der Waals surface area contributed by atoms with Crippen LogP contribution in [0.1, 0.15) is 31.2 Å². The number of hydrogen-bond acceptors (Lipinski definition) is 7. The molecule has 1 aromatic carbocycles. The fourth-order valence-corrected chi connectivity index (χ4v) is 5.94. The summed E-state index contributed by atoms with van der Waals surface area (Å²) in [6.45, 7) is 6.79. The second-order valence-corrected chi connectivity index (χ2v) is 10.2. The number of carbonyl (C=O) groups excluding carboxylic acids is 1. The van der Waals surface area contributed by atoms with Crippen LogP contribution in [0.5, 0.6) is 0 Å². The molecule has 0 saturated carbocycles. The van der Waals surface area contributed by atoms with E-state index in [-0.39, 0.29) is 23.8 Å². The number of rotatable bonds is 6. The van der Waals surface area contributed by atoms with Crippen molar-refractivity contribution in [2.75, 3.05) is 20.1 Å². The molecule has 8 heteroatoms. The first kappa shape index (κ1) is 23.9. The summed E-state index contributed by atoms with van der Waals surface area (Å²) in [7, 11) is 2.01. The Morgan fingerprint density at radius 2 is 2.15 bits per heavy atom. The largest absolute Gasteiger partial charge is 0.388 e. The number of nitrogens with two attached hydrogens (primary N) is 1. The molecule has 0 spiro atoms. The van der Waals surface area contributed by atoms with Crippen LogP contribution in [0, 0.1) is 23.2 Å². The van der Waals surface area contributed by atoms with E-state index in [2.05, 4.69) is 32.3 Å². The third-order valence-electron chi connectivity index (χ3n) is 6.48. The maximum Gasteiger partial charge on any atom is 0.142 e. The quantitative estimate of drug-likeness (QED) is 0.507. The molecule has 34 heavy (non-hydrogen) atoms. The lowest BCUT2D eigenvalue weighted by Crippen LogP contribution is -2.46. The molecule has 1 saturated heterocycles. The fourth-order valence-electron chi connectivity index (χ4n) is 4.83. The maximum atomic E-state index is 13.6. The first-order valence-corrected chi connectivity index (χ1v) is 12.2. The minimum Gasteiger partial charge on any atom is -0.388 e. The van der Waals surface area contributed by atoms with Crippen LogP contribution in [-0.4, -0.2) is 53.9 Å². The molecular weight excluding hydrogens is 444 g/mol. The van der Waals surface area contributed by atoms with Gasteiger partial charge in [0.15, 0.2) is 0 Å². The number of benzene rings is 1. The second-order valence-electron chi connectivity index (χ2n) is 9.28. The third kappa shape index (κ3) is 4.41. The molecule has 0 amide bonds. The van der Waals surface area contributed by atoms with E-state index in [1.165, 1.54) is 0 Å². The van der Waals surface area contributed by atoms with Gasteiger partial charge in [-0.25, -0.2) is 0 Å². The lowest BCUT2D eigenvalue weighted by molar-refractivity contribution is -0.127. The van der Waals surface area contributed by atoms with Crippen LogP contribution in [0.4, 0.5) is 0 Å². The van der Waals surface area contributed by atoms with Crippen molar-refractivity contribution in [3.8, 4) is 17.2 Å². The highest BCUT2D eigenvalue weighted by molar-refractivity contribution is 7.10. The van der Waals surface area contributed by atoms with Gasteiger partial charge in [-0.05, 0) is 41.6 Å². The average Bonchev–Trinajstić information content (AvgIpc) is 3.45. The van der Waals surface area contributed by atoms with Crippen molar-refractivity contribution in [3.05, 3.63) is 58.6 Å². The molecule has 0 radical (unpaired) electrons. The SMILES string of the molecule is CC(N)=NC1(c2cc(-c3cccc(C#N)c3)cs2)CN(C2C=NC=CN2C)CC1C(=O)C(C)C. The van der Waals surface area contributed by atoms with E-state index in [1.54, 1.807) is 30.5 Å². The number of amidine groups is 1. The van der Waals surface area contributed by atoms with E-state index in [0.29, 0.717) is 24.5 Å². The van der Waals surface area contributed by atoms with E-state index in [4.69, 9.17) is 10.7 Å². The lowest BCUT2D eigenvalue weighted by Gasteiger charge is -2.34. The topological polar surface area (TPSA) is 98.1 Å². The van der Waals surface area contributed by atoms with Crippen LogP contribution >= 0.6 is 11.3 Å². The molecule has 7 nitrogen and oxygen atoms in total. The number of aliphatic imine (C=N–C) groups is 2. The highest BCUT2D eigenvalue weighted by Crippen LogP contribution is 2.46. The third-order valence-corrected chi connectivity index (χ3v) is 7.57. The van der Waals surface area contributed by atoms with Crippen molar-refractivity contribution in [3.63, 3.8) is 0 Å². The molecule has 2 aromatic rings. The van der Waals surface area contributed by atoms with Crippen LogP contribution in [0.25, 0.3) is 11.1 Å². The van der Waals surface area contributed by atoms with Crippen molar-refractivity contribution in [2.24, 2.45) is 27.6 Å². The average molecular weight is 475 g/mol. The Kier molecular flexibility index (Phi) is 6.69. The Balaban J connectivity index is 1.81. The monoisotopic (exact) mass is 474 g/mol. The minimum absolute atomic E-state index is 0.0608. The molecule has 2 aliphatic rings.